The van der Waals surface area contributed by atoms with Crippen molar-refractivity contribution >= 4 is 39.3 Å². The van der Waals surface area contributed by atoms with E-state index in [9.17, 15) is 18.0 Å². The van der Waals surface area contributed by atoms with E-state index in [1.54, 1.807) is 28.8 Å². The van der Waals surface area contributed by atoms with Crippen LogP contribution in [-0.4, -0.2) is 50.9 Å². The first-order valence-electron chi connectivity index (χ1n) is 9.59. The minimum Gasteiger partial charge on any atom is -0.352 e. The van der Waals surface area contributed by atoms with Crippen LogP contribution in [0.25, 0.3) is 0 Å². The third-order valence-corrected chi connectivity index (χ3v) is 7.66. The number of carbonyl (C=O) groups excluding carboxylic acids is 2. The quantitative estimate of drug-likeness (QED) is 0.705. The van der Waals surface area contributed by atoms with Crippen LogP contribution >= 0.6 is 11.8 Å². The second-order valence-corrected chi connectivity index (χ2v) is 10.4. The summed E-state index contributed by atoms with van der Waals surface area (Å²) in [6, 6.07) is 14.2. The molecule has 0 unspecified atom stereocenters. The van der Waals surface area contributed by atoms with E-state index in [0.717, 1.165) is 26.2 Å². The van der Waals surface area contributed by atoms with Crippen LogP contribution in [0.1, 0.15) is 18.4 Å². The third kappa shape index (κ3) is 5.21. The topological polar surface area (TPSA) is 86.8 Å². The lowest BCUT2D eigenvalue weighted by Gasteiger charge is -2.29. The van der Waals surface area contributed by atoms with Gasteiger partial charge in [0.15, 0.2) is 0 Å². The van der Waals surface area contributed by atoms with Crippen LogP contribution in [0.2, 0.25) is 0 Å². The Kier molecular flexibility index (Phi) is 7.17. The Hall–Kier alpha value is -2.36. The molecule has 1 aliphatic rings. The Bertz CT molecular complexity index is 1020. The van der Waals surface area contributed by atoms with E-state index in [2.05, 4.69) is 5.32 Å². The lowest BCUT2D eigenvalue weighted by molar-refractivity contribution is -0.125. The summed E-state index contributed by atoms with van der Waals surface area (Å²) in [4.78, 5) is 27.8. The summed E-state index contributed by atoms with van der Waals surface area (Å²) in [6.07, 6.45) is 0.253. The van der Waals surface area contributed by atoms with Crippen molar-refractivity contribution < 1.29 is 18.0 Å². The molecule has 2 aromatic carbocycles. The van der Waals surface area contributed by atoms with Crippen LogP contribution in [0.4, 0.5) is 5.69 Å². The van der Waals surface area contributed by atoms with Crippen LogP contribution in [0.15, 0.2) is 58.3 Å². The van der Waals surface area contributed by atoms with Gasteiger partial charge < -0.3 is 10.2 Å². The number of nitrogens with one attached hydrogen (secondary N) is 1. The number of fused-ring (bicyclic) bond motifs is 1. The number of benzene rings is 2. The van der Waals surface area contributed by atoms with Crippen LogP contribution in [-0.2, 0) is 26.2 Å². The molecule has 0 atom stereocenters. The van der Waals surface area contributed by atoms with Crippen LogP contribution < -0.4 is 10.2 Å². The molecule has 1 N–H and O–H groups in total. The standard InChI is InChI=1S/C21H25N3O4S2/c1-23(2)30(27,28)17-9-7-16(8-10-17)15-22-20(25)11-12-21(26)24-13-14-29-19-6-4-3-5-18(19)24/h3-10H,11-15H2,1-2H3,(H,22,25). The lowest BCUT2D eigenvalue weighted by atomic mass is 10.2. The smallest absolute Gasteiger partial charge is 0.242 e. The maximum atomic E-state index is 12.6. The summed E-state index contributed by atoms with van der Waals surface area (Å²) in [5.41, 5.74) is 1.70. The van der Waals surface area contributed by atoms with Gasteiger partial charge in [0.2, 0.25) is 21.8 Å². The molecule has 0 fully saturated rings. The summed E-state index contributed by atoms with van der Waals surface area (Å²) >= 11 is 1.73. The molecule has 1 heterocycles. The van der Waals surface area contributed by atoms with Gasteiger partial charge in [-0.2, -0.15) is 0 Å². The molecule has 2 amide bonds. The van der Waals surface area contributed by atoms with Gasteiger partial charge in [0.1, 0.15) is 0 Å². The second-order valence-electron chi connectivity index (χ2n) is 7.07. The zero-order valence-corrected chi connectivity index (χ0v) is 18.6. The average molecular weight is 448 g/mol. The van der Waals surface area contributed by atoms with Crippen molar-refractivity contribution in [3.05, 3.63) is 54.1 Å². The molecule has 0 aromatic heterocycles. The van der Waals surface area contributed by atoms with E-state index in [0.29, 0.717) is 6.54 Å². The third-order valence-electron chi connectivity index (χ3n) is 4.79. The highest BCUT2D eigenvalue weighted by molar-refractivity contribution is 7.99. The van der Waals surface area contributed by atoms with Gasteiger partial charge in [-0.05, 0) is 29.8 Å². The average Bonchev–Trinajstić information content (AvgIpc) is 2.75. The van der Waals surface area contributed by atoms with Gasteiger partial charge in [0, 0.05) is 50.7 Å². The molecule has 0 radical (unpaired) electrons. The molecule has 9 heteroatoms. The first-order chi connectivity index (χ1) is 14.3. The number of para-hydroxylation sites is 1. The molecule has 160 valence electrons. The van der Waals surface area contributed by atoms with E-state index in [-0.39, 0.29) is 36.1 Å². The monoisotopic (exact) mass is 447 g/mol. The predicted molar refractivity (Wildman–Crippen MR) is 118 cm³/mol. The van der Waals surface area contributed by atoms with Crippen LogP contribution in [0, 0.1) is 0 Å². The number of anilines is 1. The fraction of sp³-hybridized carbons (Fsp3) is 0.333. The van der Waals surface area contributed by atoms with Crippen molar-refractivity contribution in [2.24, 2.45) is 0 Å². The number of sulfonamides is 1. The molecule has 0 saturated carbocycles. The van der Waals surface area contributed by atoms with Crippen molar-refractivity contribution in [2.45, 2.75) is 29.2 Å². The van der Waals surface area contributed by atoms with Crippen LogP contribution in [0.3, 0.4) is 0 Å². The van der Waals surface area contributed by atoms with Crippen molar-refractivity contribution in [1.29, 1.82) is 0 Å². The zero-order chi connectivity index (χ0) is 21.7. The van der Waals surface area contributed by atoms with Crippen LogP contribution in [0.5, 0.6) is 0 Å². The number of thioether (sulfide) groups is 1. The van der Waals surface area contributed by atoms with E-state index in [4.69, 9.17) is 0 Å². The summed E-state index contributed by atoms with van der Waals surface area (Å²) in [6.45, 7) is 0.919. The normalized spacial score (nSPS) is 13.8. The molecule has 0 aliphatic carbocycles. The molecule has 3 rings (SSSR count). The van der Waals surface area contributed by atoms with Crippen molar-refractivity contribution in [3.8, 4) is 0 Å². The summed E-state index contributed by atoms with van der Waals surface area (Å²) in [7, 11) is -0.516. The number of nitrogens with zero attached hydrogens (tertiary/aromatic N) is 2. The summed E-state index contributed by atoms with van der Waals surface area (Å²) in [5, 5.41) is 2.78. The number of carbonyl (C=O) groups is 2. The van der Waals surface area contributed by atoms with Gasteiger partial charge in [0.25, 0.3) is 0 Å². The van der Waals surface area contributed by atoms with Gasteiger partial charge >= 0.3 is 0 Å². The highest BCUT2D eigenvalue weighted by atomic mass is 32.2. The van der Waals surface area contributed by atoms with Gasteiger partial charge in [0.05, 0.1) is 10.6 Å². The Morgan fingerprint density at radius 3 is 2.47 bits per heavy atom. The first kappa shape index (κ1) is 22.3. The number of hydrogen-bond acceptors (Lipinski definition) is 5. The highest BCUT2D eigenvalue weighted by Gasteiger charge is 2.23. The second kappa shape index (κ2) is 9.63. The fourth-order valence-electron chi connectivity index (χ4n) is 3.06. The molecular formula is C21H25N3O4S2. The molecule has 0 saturated heterocycles. The lowest BCUT2D eigenvalue weighted by Crippen LogP contribution is -2.36. The molecule has 1 aliphatic heterocycles. The molecule has 30 heavy (non-hydrogen) atoms. The van der Waals surface area contributed by atoms with E-state index in [1.807, 2.05) is 24.3 Å². The first-order valence-corrected chi connectivity index (χ1v) is 12.0. The fourth-order valence-corrected chi connectivity index (χ4v) is 4.96. The maximum absolute atomic E-state index is 12.6. The zero-order valence-electron chi connectivity index (χ0n) is 17.0. The van der Waals surface area contributed by atoms with E-state index < -0.39 is 10.0 Å². The Labute approximate surface area is 181 Å². The SMILES string of the molecule is CN(C)S(=O)(=O)c1ccc(CNC(=O)CCC(=O)N2CCSc3ccccc32)cc1. The van der Waals surface area contributed by atoms with Crippen molar-refractivity contribution in [2.75, 3.05) is 31.3 Å². The Balaban J connectivity index is 1.49. The summed E-state index contributed by atoms with van der Waals surface area (Å²) < 4.78 is 25.3. The maximum Gasteiger partial charge on any atom is 0.242 e. The molecule has 7 nitrogen and oxygen atoms in total. The van der Waals surface area contributed by atoms with Crippen molar-refractivity contribution in [3.63, 3.8) is 0 Å². The summed E-state index contributed by atoms with van der Waals surface area (Å²) in [5.74, 6) is 0.568. The molecule has 0 spiro atoms. The van der Waals surface area contributed by atoms with Crippen molar-refractivity contribution in [1.82, 2.24) is 9.62 Å². The van der Waals surface area contributed by atoms with Gasteiger partial charge in [-0.1, -0.05) is 24.3 Å². The minimum atomic E-state index is -3.47. The largest absolute Gasteiger partial charge is 0.352 e. The number of hydrogen-bond donors (Lipinski definition) is 1. The predicted octanol–water partition coefficient (Wildman–Crippen LogP) is 2.47. The minimum absolute atomic E-state index is 0.0591. The Morgan fingerprint density at radius 1 is 1.07 bits per heavy atom. The molecule has 2 aromatic rings. The van der Waals surface area contributed by atoms with E-state index in [1.165, 1.54) is 26.2 Å². The molecule has 0 bridgehead atoms. The van der Waals surface area contributed by atoms with Gasteiger partial charge in [-0.25, -0.2) is 12.7 Å². The number of amides is 2. The van der Waals surface area contributed by atoms with E-state index >= 15 is 0 Å². The Morgan fingerprint density at radius 2 is 1.77 bits per heavy atom. The van der Waals surface area contributed by atoms with Gasteiger partial charge in [-0.3, -0.25) is 9.59 Å². The number of rotatable bonds is 7. The molecular weight excluding hydrogens is 422 g/mol. The van der Waals surface area contributed by atoms with Gasteiger partial charge in [-0.15, -0.1) is 11.8 Å². The highest BCUT2D eigenvalue weighted by Crippen LogP contribution is 2.34.